The number of hydrogen-bond donors (Lipinski definition) is 4. The van der Waals surface area contributed by atoms with Gasteiger partial charge in [0.1, 0.15) is 12.3 Å². The number of carbonyl (C=O) groups excluding carboxylic acids is 4. The van der Waals surface area contributed by atoms with Crippen LogP contribution in [0.25, 0.3) is 0 Å². The summed E-state index contributed by atoms with van der Waals surface area (Å²) in [6.07, 6.45) is 1.19. The van der Waals surface area contributed by atoms with E-state index in [1.54, 1.807) is 0 Å². The van der Waals surface area contributed by atoms with Crippen LogP contribution >= 0.6 is 21.6 Å². The fraction of sp³-hybridized carbons (Fsp3) is 0.543. The summed E-state index contributed by atoms with van der Waals surface area (Å²) in [5.41, 5.74) is 12.6. The number of para-hydroxylation sites is 2. The minimum Gasteiger partial charge on any atom is -0.377 e. The van der Waals surface area contributed by atoms with E-state index in [9.17, 15) is 19.2 Å². The van der Waals surface area contributed by atoms with Crippen molar-refractivity contribution < 1.29 is 28.7 Å². The molecule has 258 valence electrons. The molecule has 48 heavy (non-hydrogen) atoms. The minimum atomic E-state index is -0.750. The van der Waals surface area contributed by atoms with E-state index >= 15 is 0 Å². The Balaban J connectivity index is 1.17. The van der Waals surface area contributed by atoms with Gasteiger partial charge in [-0.3, -0.25) is 19.2 Å². The highest BCUT2D eigenvalue weighted by molar-refractivity contribution is 8.76. The number of ketones is 1. The Morgan fingerprint density at radius 3 is 2.00 bits per heavy atom. The molecule has 0 bridgehead atoms. The van der Waals surface area contributed by atoms with Crippen molar-refractivity contribution in [1.82, 2.24) is 4.90 Å². The zero-order chi connectivity index (χ0) is 34.4. The van der Waals surface area contributed by atoms with Gasteiger partial charge < -0.3 is 36.5 Å². The van der Waals surface area contributed by atoms with Crippen molar-refractivity contribution in [2.45, 2.75) is 93.6 Å². The molecule has 3 saturated heterocycles. The number of nitrogens with two attached hydrogens (primary N) is 2. The molecule has 0 spiro atoms. The predicted molar refractivity (Wildman–Crippen MR) is 186 cm³/mol. The van der Waals surface area contributed by atoms with Crippen LogP contribution in [-0.2, 0) is 28.7 Å². The first-order chi connectivity index (χ1) is 22.8. The second-order valence-corrected chi connectivity index (χ2v) is 16.8. The van der Waals surface area contributed by atoms with Crippen LogP contribution in [0, 0.1) is 22.7 Å². The molecule has 2 aromatic rings. The monoisotopic (exact) mass is 695 g/mol. The molecule has 3 amide bonds. The van der Waals surface area contributed by atoms with Gasteiger partial charge in [-0.2, -0.15) is 0 Å². The highest BCUT2D eigenvalue weighted by Crippen LogP contribution is 2.51. The molecule has 3 heterocycles. The second-order valence-electron chi connectivity index (χ2n) is 14.6. The lowest BCUT2D eigenvalue weighted by Crippen LogP contribution is -2.54. The van der Waals surface area contributed by atoms with Gasteiger partial charge in [0.15, 0.2) is 5.78 Å². The van der Waals surface area contributed by atoms with Crippen LogP contribution in [0.15, 0.2) is 58.3 Å². The maximum Gasteiger partial charge on any atom is 0.247 e. The molecule has 13 heteroatoms. The lowest BCUT2D eigenvalue weighted by molar-refractivity contribution is -0.147. The topological polar surface area (TPSA) is 166 Å². The SMILES string of the molecule is CC1(C)C[C@@H]2OCC[C@H](N)C(=O)C2C1C(=O)Nc1ccccc1SSc1ccccc1NC(=O)C1N2C(=O)[C@@H](N)CCO[C@H]2CC1(C)C. The van der Waals surface area contributed by atoms with E-state index in [2.05, 4.69) is 10.6 Å². The van der Waals surface area contributed by atoms with Crippen molar-refractivity contribution in [2.24, 2.45) is 34.1 Å². The Morgan fingerprint density at radius 2 is 1.35 bits per heavy atom. The highest BCUT2D eigenvalue weighted by atomic mass is 33.1. The number of nitrogens with zero attached hydrogens (tertiary/aromatic N) is 1. The summed E-state index contributed by atoms with van der Waals surface area (Å²) in [6, 6.07) is 12.9. The third kappa shape index (κ3) is 6.77. The van der Waals surface area contributed by atoms with Crippen LogP contribution < -0.4 is 22.1 Å². The zero-order valence-corrected chi connectivity index (χ0v) is 29.4. The van der Waals surface area contributed by atoms with Crippen molar-refractivity contribution in [3.05, 3.63) is 48.5 Å². The molecule has 4 fully saturated rings. The Morgan fingerprint density at radius 1 is 0.792 bits per heavy atom. The standard InChI is InChI=1S/C35H45N5O6S2/c1-34(2)17-23-27(29(41)19(36)13-15-45-23)28(34)31(42)38-21-9-5-7-11-24(21)47-48-25-12-8-6-10-22(25)39-32(43)30-35(3,4)18-26-40(30)33(44)20(37)14-16-46-26/h5-12,19-20,23,26-28,30H,13-18,36-37H2,1-4H3,(H,38,42)(H,39,43)/t19-,20-,23-,26-,27?,28?,30?/m0/s1. The van der Waals surface area contributed by atoms with Gasteiger partial charge in [-0.1, -0.05) is 73.5 Å². The number of nitrogens with one attached hydrogen (secondary N) is 2. The molecular weight excluding hydrogens is 651 g/mol. The van der Waals surface area contributed by atoms with Crippen molar-refractivity contribution >= 4 is 56.5 Å². The smallest absolute Gasteiger partial charge is 0.247 e. The molecule has 3 aliphatic heterocycles. The molecule has 1 aliphatic carbocycles. The van der Waals surface area contributed by atoms with Gasteiger partial charge in [0, 0.05) is 16.4 Å². The summed E-state index contributed by atoms with van der Waals surface area (Å²) < 4.78 is 12.0. The number of benzene rings is 2. The third-order valence-corrected chi connectivity index (χ3v) is 12.6. The van der Waals surface area contributed by atoms with Gasteiger partial charge in [0.2, 0.25) is 17.7 Å². The van der Waals surface area contributed by atoms with E-state index in [0.29, 0.717) is 50.3 Å². The number of rotatable bonds is 7. The number of carbonyl (C=O) groups is 4. The summed E-state index contributed by atoms with van der Waals surface area (Å²) in [5.74, 6) is -2.07. The summed E-state index contributed by atoms with van der Waals surface area (Å²) in [4.78, 5) is 57.5. The van der Waals surface area contributed by atoms with E-state index in [0.717, 1.165) is 9.79 Å². The molecular formula is C35H45N5O6S2. The van der Waals surface area contributed by atoms with E-state index in [1.165, 1.54) is 26.5 Å². The molecule has 0 radical (unpaired) electrons. The fourth-order valence-corrected chi connectivity index (χ4v) is 10.0. The molecule has 11 nitrogen and oxygen atoms in total. The molecule has 7 atom stereocenters. The first-order valence-electron chi connectivity index (χ1n) is 16.5. The van der Waals surface area contributed by atoms with E-state index in [4.69, 9.17) is 20.9 Å². The third-order valence-electron chi connectivity index (χ3n) is 10.2. The summed E-state index contributed by atoms with van der Waals surface area (Å²) in [7, 11) is 2.89. The van der Waals surface area contributed by atoms with Crippen LogP contribution in [0.4, 0.5) is 11.4 Å². The number of anilines is 2. The van der Waals surface area contributed by atoms with Gasteiger partial charge in [-0.15, -0.1) is 0 Å². The Kier molecular flexibility index (Phi) is 10.0. The van der Waals surface area contributed by atoms with Crippen LogP contribution in [0.3, 0.4) is 0 Å². The first-order valence-corrected chi connectivity index (χ1v) is 18.7. The van der Waals surface area contributed by atoms with Crippen molar-refractivity contribution in [1.29, 1.82) is 0 Å². The first kappa shape index (κ1) is 34.9. The second kappa shape index (κ2) is 13.8. The number of hydrogen-bond acceptors (Lipinski definition) is 10. The fourth-order valence-electron chi connectivity index (χ4n) is 7.76. The predicted octanol–water partition coefficient (Wildman–Crippen LogP) is 4.41. The molecule has 1 saturated carbocycles. The van der Waals surface area contributed by atoms with Gasteiger partial charge in [-0.05, 0) is 60.8 Å². The Bertz CT molecular complexity index is 1470. The lowest BCUT2D eigenvalue weighted by Gasteiger charge is -2.33. The van der Waals surface area contributed by atoms with Gasteiger partial charge in [0.05, 0.1) is 48.0 Å². The van der Waals surface area contributed by atoms with Crippen LogP contribution in [0.5, 0.6) is 0 Å². The molecule has 6 N–H and O–H groups in total. The molecule has 2 aromatic carbocycles. The molecule has 4 aliphatic rings. The normalized spacial score (nSPS) is 31.0. The van der Waals surface area contributed by atoms with E-state index < -0.39 is 47.0 Å². The highest BCUT2D eigenvalue weighted by Gasteiger charge is 2.57. The van der Waals surface area contributed by atoms with E-state index in [-0.39, 0.29) is 29.6 Å². The maximum absolute atomic E-state index is 13.9. The summed E-state index contributed by atoms with van der Waals surface area (Å²) in [6.45, 7) is 8.73. The van der Waals surface area contributed by atoms with Gasteiger partial charge in [0.25, 0.3) is 0 Å². The van der Waals surface area contributed by atoms with Gasteiger partial charge >= 0.3 is 0 Å². The number of fused-ring (bicyclic) bond motifs is 2. The maximum atomic E-state index is 13.9. The van der Waals surface area contributed by atoms with Crippen LogP contribution in [0.1, 0.15) is 53.4 Å². The molecule has 3 unspecified atom stereocenters. The molecule has 6 rings (SSSR count). The summed E-state index contributed by atoms with van der Waals surface area (Å²) in [5, 5.41) is 6.19. The van der Waals surface area contributed by atoms with Crippen LogP contribution in [0.2, 0.25) is 0 Å². The average Bonchev–Trinajstić information content (AvgIpc) is 3.36. The quantitative estimate of drug-likeness (QED) is 0.305. The van der Waals surface area contributed by atoms with Crippen LogP contribution in [-0.4, -0.2) is 72.1 Å². The van der Waals surface area contributed by atoms with Gasteiger partial charge in [-0.25, -0.2) is 0 Å². The number of amides is 3. The number of Topliss-reactive ketones (excluding diaryl/α,β-unsaturated/α-hetero) is 1. The lowest BCUT2D eigenvalue weighted by atomic mass is 9.75. The largest absolute Gasteiger partial charge is 0.377 e. The van der Waals surface area contributed by atoms with Crippen molar-refractivity contribution in [2.75, 3.05) is 23.8 Å². The average molecular weight is 696 g/mol. The van der Waals surface area contributed by atoms with Crippen molar-refractivity contribution in [3.63, 3.8) is 0 Å². The van der Waals surface area contributed by atoms with E-state index in [1.807, 2.05) is 76.2 Å². The minimum absolute atomic E-state index is 0.104. The number of ether oxygens (including phenoxy) is 2. The van der Waals surface area contributed by atoms with Crippen molar-refractivity contribution in [3.8, 4) is 0 Å². The zero-order valence-electron chi connectivity index (χ0n) is 27.8. The molecule has 0 aromatic heterocycles. The Labute approximate surface area is 289 Å². The summed E-state index contributed by atoms with van der Waals surface area (Å²) >= 11 is 0. The Hall–Kier alpha value is -2.94.